The molecule has 0 unspecified atom stereocenters. The van der Waals surface area contributed by atoms with E-state index in [1.165, 1.54) is 0 Å². The molecule has 1 atom stereocenters. The number of carbonyl (C=O) groups excluding carboxylic acids is 1. The van der Waals surface area contributed by atoms with Crippen molar-refractivity contribution in [1.82, 2.24) is 5.32 Å². The molecule has 5 nitrogen and oxygen atoms in total. The fraction of sp³-hybridized carbons (Fsp3) is 0.333. The normalized spacial score (nSPS) is 11.9. The molecular formula is C12H15NO4. The number of rotatable bonds is 5. The average molecular weight is 237 g/mol. The van der Waals surface area contributed by atoms with Crippen LogP contribution in [0.1, 0.15) is 16.7 Å². The van der Waals surface area contributed by atoms with Crippen LogP contribution in [0.4, 0.5) is 0 Å². The Labute approximate surface area is 99.1 Å². The van der Waals surface area contributed by atoms with Gasteiger partial charge in [-0.15, -0.1) is 0 Å². The molecule has 0 aliphatic heterocycles. The van der Waals surface area contributed by atoms with Crippen LogP contribution in [0, 0.1) is 13.8 Å². The van der Waals surface area contributed by atoms with Crippen LogP contribution >= 0.6 is 0 Å². The topological polar surface area (TPSA) is 86.6 Å². The van der Waals surface area contributed by atoms with Gasteiger partial charge in [-0.1, -0.05) is 0 Å². The molecule has 1 aromatic carbocycles. The first-order valence-electron chi connectivity index (χ1n) is 5.17. The summed E-state index contributed by atoms with van der Waals surface area (Å²) in [5, 5.41) is 20.6. The molecular weight excluding hydrogens is 222 g/mol. The number of aromatic hydroxyl groups is 1. The fourth-order valence-electron chi connectivity index (χ4n) is 1.80. The zero-order valence-corrected chi connectivity index (χ0v) is 9.73. The highest BCUT2D eigenvalue weighted by Crippen LogP contribution is 2.21. The number of nitrogens with one attached hydrogen (secondary N) is 1. The molecule has 5 heteroatoms. The Balaban J connectivity index is 3.00. The third-order valence-electron chi connectivity index (χ3n) is 2.66. The van der Waals surface area contributed by atoms with Crippen LogP contribution in [0.15, 0.2) is 12.1 Å². The lowest BCUT2D eigenvalue weighted by Gasteiger charge is -2.15. The molecule has 0 fully saturated rings. The molecule has 3 N–H and O–H groups in total. The number of hydrogen-bond acceptors (Lipinski definition) is 3. The third kappa shape index (κ3) is 3.21. The number of phenols is 1. The summed E-state index contributed by atoms with van der Waals surface area (Å²) in [6, 6.07) is 2.19. The SMILES string of the molecule is Cc1cc(O)cc(C)c1C[C@H](NC=O)C(=O)O. The van der Waals surface area contributed by atoms with E-state index in [-0.39, 0.29) is 12.2 Å². The Morgan fingerprint density at radius 1 is 1.41 bits per heavy atom. The monoisotopic (exact) mass is 237 g/mol. The molecule has 0 aliphatic rings. The van der Waals surface area contributed by atoms with Crippen molar-refractivity contribution in [3.05, 3.63) is 28.8 Å². The predicted molar refractivity (Wildman–Crippen MR) is 61.9 cm³/mol. The van der Waals surface area contributed by atoms with Gasteiger partial charge in [0.25, 0.3) is 0 Å². The summed E-state index contributed by atoms with van der Waals surface area (Å²) >= 11 is 0. The first-order chi connectivity index (χ1) is 7.95. The Bertz CT molecular complexity index is 419. The maximum atomic E-state index is 10.9. The second-order valence-electron chi connectivity index (χ2n) is 3.94. The molecule has 0 radical (unpaired) electrons. The maximum absolute atomic E-state index is 10.9. The van der Waals surface area contributed by atoms with Gasteiger partial charge in [-0.25, -0.2) is 4.79 Å². The van der Waals surface area contributed by atoms with Crippen LogP contribution in [0.3, 0.4) is 0 Å². The molecule has 1 amide bonds. The fourth-order valence-corrected chi connectivity index (χ4v) is 1.80. The lowest BCUT2D eigenvalue weighted by molar-refractivity contribution is -0.140. The number of carboxylic acid groups (broad SMARTS) is 1. The van der Waals surface area contributed by atoms with Gasteiger partial charge in [0.05, 0.1) is 0 Å². The predicted octanol–water partition coefficient (Wildman–Crippen LogP) is 0.751. The van der Waals surface area contributed by atoms with E-state index in [0.717, 1.165) is 16.7 Å². The van der Waals surface area contributed by atoms with Crippen molar-refractivity contribution in [3.8, 4) is 5.75 Å². The van der Waals surface area contributed by atoms with Crippen LogP contribution in [-0.4, -0.2) is 28.6 Å². The number of carboxylic acids is 1. The Morgan fingerprint density at radius 3 is 2.35 bits per heavy atom. The van der Waals surface area contributed by atoms with E-state index in [1.54, 1.807) is 26.0 Å². The minimum absolute atomic E-state index is 0.152. The van der Waals surface area contributed by atoms with E-state index >= 15 is 0 Å². The first kappa shape index (κ1) is 13.0. The van der Waals surface area contributed by atoms with E-state index < -0.39 is 12.0 Å². The second-order valence-corrected chi connectivity index (χ2v) is 3.94. The number of amides is 1. The molecule has 0 aliphatic carbocycles. The van der Waals surface area contributed by atoms with Crippen molar-refractivity contribution < 1.29 is 19.8 Å². The summed E-state index contributed by atoms with van der Waals surface area (Å²) in [4.78, 5) is 21.2. The minimum atomic E-state index is -1.08. The Hall–Kier alpha value is -2.04. The maximum Gasteiger partial charge on any atom is 0.326 e. The molecule has 0 heterocycles. The van der Waals surface area contributed by atoms with Crippen molar-refractivity contribution in [1.29, 1.82) is 0 Å². The van der Waals surface area contributed by atoms with E-state index in [4.69, 9.17) is 5.11 Å². The highest BCUT2D eigenvalue weighted by Gasteiger charge is 2.19. The standard InChI is InChI=1S/C12H15NO4/c1-7-3-9(15)4-8(2)10(7)5-11(12(16)17)13-6-14/h3-4,6,11,15H,5H2,1-2H3,(H,13,14)(H,16,17)/t11-/m0/s1. The smallest absolute Gasteiger partial charge is 0.326 e. The molecule has 92 valence electrons. The lowest BCUT2D eigenvalue weighted by atomic mass is 9.96. The van der Waals surface area contributed by atoms with Gasteiger partial charge in [0.1, 0.15) is 11.8 Å². The second kappa shape index (κ2) is 5.34. The lowest BCUT2D eigenvalue weighted by Crippen LogP contribution is -2.37. The summed E-state index contributed by atoms with van der Waals surface area (Å²) in [6.45, 7) is 3.59. The summed E-state index contributed by atoms with van der Waals surface area (Å²) in [6.07, 6.45) is 0.579. The molecule has 0 spiro atoms. The van der Waals surface area contributed by atoms with Crippen LogP contribution in [0.25, 0.3) is 0 Å². The van der Waals surface area contributed by atoms with Gasteiger partial charge < -0.3 is 15.5 Å². The summed E-state index contributed by atoms with van der Waals surface area (Å²) < 4.78 is 0. The van der Waals surface area contributed by atoms with E-state index in [2.05, 4.69) is 5.32 Å². The van der Waals surface area contributed by atoms with Crippen LogP contribution in [0.2, 0.25) is 0 Å². The van der Waals surface area contributed by atoms with Crippen molar-refractivity contribution in [2.75, 3.05) is 0 Å². The van der Waals surface area contributed by atoms with Gasteiger partial charge in [-0.2, -0.15) is 0 Å². The van der Waals surface area contributed by atoms with E-state index in [9.17, 15) is 14.7 Å². The van der Waals surface area contributed by atoms with E-state index in [0.29, 0.717) is 6.41 Å². The number of aryl methyl sites for hydroxylation is 2. The number of phenolic OH excluding ortho intramolecular Hbond substituents is 1. The van der Waals surface area contributed by atoms with E-state index in [1.807, 2.05) is 0 Å². The third-order valence-corrected chi connectivity index (χ3v) is 2.66. The summed E-state index contributed by atoms with van der Waals surface area (Å²) in [5.41, 5.74) is 2.44. The van der Waals surface area contributed by atoms with Gasteiger partial charge in [0.15, 0.2) is 0 Å². The average Bonchev–Trinajstić information content (AvgIpc) is 2.21. The van der Waals surface area contributed by atoms with Crippen LogP contribution < -0.4 is 5.32 Å². The van der Waals surface area contributed by atoms with Crippen molar-refractivity contribution in [2.45, 2.75) is 26.3 Å². The number of hydrogen-bond donors (Lipinski definition) is 3. The number of benzene rings is 1. The zero-order valence-electron chi connectivity index (χ0n) is 9.73. The summed E-state index contributed by atoms with van der Waals surface area (Å²) in [7, 11) is 0. The highest BCUT2D eigenvalue weighted by atomic mass is 16.4. The minimum Gasteiger partial charge on any atom is -0.508 e. The molecule has 0 aromatic heterocycles. The largest absolute Gasteiger partial charge is 0.508 e. The van der Waals surface area contributed by atoms with Gasteiger partial charge in [0.2, 0.25) is 6.41 Å². The van der Waals surface area contributed by atoms with Crippen LogP contribution in [0.5, 0.6) is 5.75 Å². The highest BCUT2D eigenvalue weighted by molar-refractivity contribution is 5.76. The van der Waals surface area contributed by atoms with Crippen molar-refractivity contribution in [2.24, 2.45) is 0 Å². The zero-order chi connectivity index (χ0) is 13.0. The quantitative estimate of drug-likeness (QED) is 0.659. The van der Waals surface area contributed by atoms with Crippen molar-refractivity contribution >= 4 is 12.4 Å². The molecule has 0 bridgehead atoms. The first-order valence-corrected chi connectivity index (χ1v) is 5.17. The molecule has 0 saturated heterocycles. The molecule has 0 saturated carbocycles. The van der Waals surface area contributed by atoms with Crippen molar-refractivity contribution in [3.63, 3.8) is 0 Å². The summed E-state index contributed by atoms with van der Waals surface area (Å²) in [5.74, 6) is -0.928. The van der Waals surface area contributed by atoms with Gasteiger partial charge >= 0.3 is 5.97 Å². The molecule has 1 aromatic rings. The number of carbonyl (C=O) groups is 2. The van der Waals surface area contributed by atoms with Crippen LogP contribution in [-0.2, 0) is 16.0 Å². The van der Waals surface area contributed by atoms with Gasteiger partial charge in [0, 0.05) is 6.42 Å². The Kier molecular flexibility index (Phi) is 4.09. The molecule has 1 rings (SSSR count). The van der Waals surface area contributed by atoms with Gasteiger partial charge in [-0.05, 0) is 42.7 Å². The number of aliphatic carboxylic acids is 1. The Morgan fingerprint density at radius 2 is 1.94 bits per heavy atom. The van der Waals surface area contributed by atoms with Gasteiger partial charge in [-0.3, -0.25) is 4.79 Å². The molecule has 17 heavy (non-hydrogen) atoms.